The third-order valence-corrected chi connectivity index (χ3v) is 7.13. The van der Waals surface area contributed by atoms with Crippen LogP contribution in [0, 0.1) is 0 Å². The molecule has 0 bridgehead atoms. The van der Waals surface area contributed by atoms with Crippen LogP contribution in [-0.4, -0.2) is 46.0 Å². The number of nitrogens with zero attached hydrogens (tertiary/aromatic N) is 5. The summed E-state index contributed by atoms with van der Waals surface area (Å²) in [5.74, 6) is 2.11. The van der Waals surface area contributed by atoms with Gasteiger partial charge in [-0.1, -0.05) is 30.3 Å². The smallest absolute Gasteiger partial charge is 0.254 e. The average molecular weight is 509 g/mol. The van der Waals surface area contributed by atoms with E-state index in [1.165, 1.54) is 5.56 Å². The van der Waals surface area contributed by atoms with Crippen molar-refractivity contribution in [3.63, 3.8) is 0 Å². The van der Waals surface area contributed by atoms with Gasteiger partial charge in [-0.3, -0.25) is 4.79 Å². The number of methoxy groups -OCH3 is 2. The average Bonchev–Trinajstić information content (AvgIpc) is 3.41. The molecule has 0 saturated heterocycles. The van der Waals surface area contributed by atoms with Crippen molar-refractivity contribution in [2.45, 2.75) is 25.4 Å². The molecule has 0 unspecified atom stereocenters. The van der Waals surface area contributed by atoms with Crippen LogP contribution in [0.3, 0.4) is 0 Å². The van der Waals surface area contributed by atoms with Gasteiger partial charge in [-0.05, 0) is 76.9 Å². The summed E-state index contributed by atoms with van der Waals surface area (Å²) < 4.78 is 12.5. The topological polar surface area (TPSA) is 98.2 Å². The number of H-pyrrole nitrogens is 1. The third kappa shape index (κ3) is 4.36. The Bertz CT molecular complexity index is 1640. The van der Waals surface area contributed by atoms with Gasteiger partial charge in [0.15, 0.2) is 5.82 Å². The summed E-state index contributed by atoms with van der Waals surface area (Å²) in [7, 11) is 3.28. The number of fused-ring (bicyclic) bond motifs is 2. The fourth-order valence-corrected chi connectivity index (χ4v) is 5.23. The molecule has 0 saturated carbocycles. The van der Waals surface area contributed by atoms with Crippen LogP contribution in [0.5, 0.6) is 11.5 Å². The number of benzene rings is 3. The minimum atomic E-state index is -0.496. The SMILES string of the molecule is COc1ccc(Cn2nnnc2[C@@H](c2cc3cc(OC)ccc3[nH]c2=O)N2CCCc3ccccc32)cc1. The summed E-state index contributed by atoms with van der Waals surface area (Å²) in [6.45, 7) is 1.23. The van der Waals surface area contributed by atoms with Crippen molar-refractivity contribution in [3.8, 4) is 11.5 Å². The highest BCUT2D eigenvalue weighted by Crippen LogP contribution is 2.37. The zero-order valence-corrected chi connectivity index (χ0v) is 21.3. The van der Waals surface area contributed by atoms with Gasteiger partial charge in [0.1, 0.15) is 17.5 Å². The predicted molar refractivity (Wildman–Crippen MR) is 145 cm³/mol. The monoisotopic (exact) mass is 508 g/mol. The molecule has 9 nitrogen and oxygen atoms in total. The first-order valence-corrected chi connectivity index (χ1v) is 12.6. The zero-order valence-electron chi connectivity index (χ0n) is 21.3. The summed E-state index contributed by atoms with van der Waals surface area (Å²) in [5, 5.41) is 13.7. The van der Waals surface area contributed by atoms with Crippen LogP contribution in [0.1, 0.15) is 35.0 Å². The van der Waals surface area contributed by atoms with Crippen LogP contribution in [0.25, 0.3) is 10.9 Å². The standard InChI is InChI=1S/C29H28N6O3/c1-37-22-11-9-19(10-12-22)18-35-28(31-32-33-35)27(34-15-5-7-20-6-3-4-8-26(20)34)24-17-21-16-23(38-2)13-14-25(21)30-29(24)36/h3-4,6,8-14,16-17,27H,5,7,15,18H2,1-2H3,(H,30,36)/t27-/m1/s1. The van der Waals surface area contributed by atoms with Crippen molar-refractivity contribution in [2.75, 3.05) is 25.7 Å². The lowest BCUT2D eigenvalue weighted by Gasteiger charge is -2.37. The van der Waals surface area contributed by atoms with Gasteiger partial charge in [0.05, 0.1) is 20.8 Å². The van der Waals surface area contributed by atoms with Crippen molar-refractivity contribution in [3.05, 3.63) is 106 Å². The lowest BCUT2D eigenvalue weighted by atomic mass is 9.96. The minimum absolute atomic E-state index is 0.172. The molecule has 0 radical (unpaired) electrons. The van der Waals surface area contributed by atoms with E-state index in [1.807, 2.05) is 54.6 Å². The first-order valence-electron chi connectivity index (χ1n) is 12.6. The number of para-hydroxylation sites is 1. The highest BCUT2D eigenvalue weighted by molar-refractivity contribution is 5.81. The molecule has 38 heavy (non-hydrogen) atoms. The predicted octanol–water partition coefficient (Wildman–Crippen LogP) is 4.12. The van der Waals surface area contributed by atoms with Gasteiger partial charge in [-0.2, -0.15) is 0 Å². The highest BCUT2D eigenvalue weighted by atomic mass is 16.5. The number of pyridine rings is 1. The zero-order chi connectivity index (χ0) is 26.1. The normalized spacial score (nSPS) is 13.8. The number of ether oxygens (including phenoxy) is 2. The van der Waals surface area contributed by atoms with Gasteiger partial charge in [0.25, 0.3) is 5.56 Å². The van der Waals surface area contributed by atoms with E-state index in [0.717, 1.165) is 53.0 Å². The van der Waals surface area contributed by atoms with Crippen LogP contribution in [0.4, 0.5) is 5.69 Å². The molecule has 1 atom stereocenters. The van der Waals surface area contributed by atoms with E-state index < -0.39 is 6.04 Å². The summed E-state index contributed by atoms with van der Waals surface area (Å²) in [6.07, 6.45) is 1.95. The van der Waals surface area contributed by atoms with Gasteiger partial charge >= 0.3 is 0 Å². The van der Waals surface area contributed by atoms with E-state index in [9.17, 15) is 4.79 Å². The molecule has 0 fully saturated rings. The molecular formula is C29H28N6O3. The Morgan fingerprint density at radius 3 is 2.58 bits per heavy atom. The summed E-state index contributed by atoms with van der Waals surface area (Å²) >= 11 is 0. The number of aryl methyl sites for hydroxylation is 1. The maximum atomic E-state index is 13.6. The molecule has 1 aliphatic heterocycles. The van der Waals surface area contributed by atoms with E-state index in [-0.39, 0.29) is 5.56 Å². The fraction of sp³-hybridized carbons (Fsp3) is 0.241. The van der Waals surface area contributed by atoms with E-state index in [1.54, 1.807) is 18.9 Å². The number of aromatic amines is 1. The molecule has 1 aliphatic rings. The largest absolute Gasteiger partial charge is 0.497 e. The lowest BCUT2D eigenvalue weighted by Crippen LogP contribution is -2.38. The number of anilines is 1. The van der Waals surface area contributed by atoms with Crippen LogP contribution in [0.15, 0.2) is 77.6 Å². The maximum absolute atomic E-state index is 13.6. The molecule has 2 aromatic heterocycles. The third-order valence-electron chi connectivity index (χ3n) is 7.13. The van der Waals surface area contributed by atoms with Gasteiger partial charge in [-0.25, -0.2) is 4.68 Å². The first-order chi connectivity index (χ1) is 18.6. The second-order valence-electron chi connectivity index (χ2n) is 9.38. The Hall–Kier alpha value is -4.66. The van der Waals surface area contributed by atoms with Crippen molar-refractivity contribution in [1.29, 1.82) is 0 Å². The van der Waals surface area contributed by atoms with E-state index in [0.29, 0.717) is 17.9 Å². The van der Waals surface area contributed by atoms with E-state index in [2.05, 4.69) is 43.6 Å². The second-order valence-corrected chi connectivity index (χ2v) is 9.38. The molecule has 6 rings (SSSR count). The summed E-state index contributed by atoms with van der Waals surface area (Å²) in [6, 6.07) is 23.2. The van der Waals surface area contributed by atoms with Crippen LogP contribution < -0.4 is 19.9 Å². The quantitative estimate of drug-likeness (QED) is 0.353. The Labute approximate surface area is 219 Å². The maximum Gasteiger partial charge on any atom is 0.254 e. The second kappa shape index (κ2) is 10.0. The van der Waals surface area contributed by atoms with E-state index in [4.69, 9.17) is 9.47 Å². The number of hydrogen-bond donors (Lipinski definition) is 1. The number of tetrazole rings is 1. The van der Waals surface area contributed by atoms with E-state index >= 15 is 0 Å². The molecule has 0 amide bonds. The summed E-state index contributed by atoms with van der Waals surface area (Å²) in [4.78, 5) is 18.9. The number of hydrogen-bond acceptors (Lipinski definition) is 7. The summed E-state index contributed by atoms with van der Waals surface area (Å²) in [5.41, 5.74) is 4.51. The molecule has 0 spiro atoms. The Balaban J connectivity index is 1.51. The Morgan fingerprint density at radius 1 is 0.974 bits per heavy atom. The van der Waals surface area contributed by atoms with Gasteiger partial charge in [0, 0.05) is 28.7 Å². The number of rotatable bonds is 7. The minimum Gasteiger partial charge on any atom is -0.497 e. The van der Waals surface area contributed by atoms with Crippen LogP contribution in [0.2, 0.25) is 0 Å². The van der Waals surface area contributed by atoms with Gasteiger partial charge < -0.3 is 19.4 Å². The van der Waals surface area contributed by atoms with Crippen molar-refractivity contribution in [2.24, 2.45) is 0 Å². The molecule has 192 valence electrons. The number of nitrogens with one attached hydrogen (secondary N) is 1. The van der Waals surface area contributed by atoms with Crippen molar-refractivity contribution in [1.82, 2.24) is 25.2 Å². The van der Waals surface area contributed by atoms with Gasteiger partial charge in [0.2, 0.25) is 0 Å². The first kappa shape index (κ1) is 23.7. The lowest BCUT2D eigenvalue weighted by molar-refractivity contribution is 0.414. The Morgan fingerprint density at radius 2 is 1.76 bits per heavy atom. The molecule has 3 aromatic carbocycles. The van der Waals surface area contributed by atoms with Crippen molar-refractivity contribution < 1.29 is 9.47 Å². The van der Waals surface area contributed by atoms with Crippen molar-refractivity contribution >= 4 is 16.6 Å². The van der Waals surface area contributed by atoms with Crippen LogP contribution in [-0.2, 0) is 13.0 Å². The fourth-order valence-electron chi connectivity index (χ4n) is 5.23. The molecule has 0 aliphatic carbocycles. The molecule has 5 aromatic rings. The number of aromatic nitrogens is 5. The Kier molecular flexibility index (Phi) is 6.25. The molecule has 1 N–H and O–H groups in total. The molecule has 3 heterocycles. The van der Waals surface area contributed by atoms with Crippen LogP contribution >= 0.6 is 0 Å². The molecular weight excluding hydrogens is 480 g/mol. The highest BCUT2D eigenvalue weighted by Gasteiger charge is 2.33. The van der Waals surface area contributed by atoms with Gasteiger partial charge in [-0.15, -0.1) is 5.10 Å². The molecule has 9 heteroatoms.